The van der Waals surface area contributed by atoms with Crippen LogP contribution in [0.5, 0.6) is 0 Å². The SMILES string of the molecule is CCOC(=O)C12CC1C(Sc1ncn[nH]1)CC2C(=O)O. The predicted molar refractivity (Wildman–Crippen MR) is 68.9 cm³/mol. The molecule has 1 aromatic rings. The molecule has 4 atom stereocenters. The Morgan fingerprint density at radius 1 is 1.65 bits per heavy atom. The van der Waals surface area contributed by atoms with Crippen LogP contribution in [0, 0.1) is 17.3 Å². The second-order valence-corrected chi connectivity index (χ2v) is 6.37. The molecule has 2 saturated carbocycles. The normalized spacial score (nSPS) is 34.5. The Kier molecular flexibility index (Phi) is 3.19. The van der Waals surface area contributed by atoms with E-state index in [4.69, 9.17) is 4.74 Å². The van der Waals surface area contributed by atoms with Gasteiger partial charge in [0.15, 0.2) is 5.16 Å². The van der Waals surface area contributed by atoms with Crippen molar-refractivity contribution in [1.29, 1.82) is 0 Å². The minimum absolute atomic E-state index is 0.0535. The number of hydrogen-bond acceptors (Lipinski definition) is 6. The van der Waals surface area contributed by atoms with Gasteiger partial charge in [-0.2, -0.15) is 5.10 Å². The summed E-state index contributed by atoms with van der Waals surface area (Å²) in [7, 11) is 0. The highest BCUT2D eigenvalue weighted by molar-refractivity contribution is 7.99. The number of rotatable bonds is 5. The molecule has 0 saturated heterocycles. The van der Waals surface area contributed by atoms with Gasteiger partial charge in [-0.1, -0.05) is 11.8 Å². The average molecular weight is 297 g/mol. The molecule has 0 spiro atoms. The summed E-state index contributed by atoms with van der Waals surface area (Å²) >= 11 is 1.46. The number of nitrogens with zero attached hydrogens (tertiary/aromatic N) is 2. The number of aromatic nitrogens is 3. The smallest absolute Gasteiger partial charge is 0.313 e. The number of fused-ring (bicyclic) bond motifs is 1. The predicted octanol–water partition coefficient (Wildman–Crippen LogP) is 0.939. The highest BCUT2D eigenvalue weighted by atomic mass is 32.2. The molecule has 20 heavy (non-hydrogen) atoms. The Morgan fingerprint density at radius 3 is 3.05 bits per heavy atom. The lowest BCUT2D eigenvalue weighted by Crippen LogP contribution is -2.31. The lowest BCUT2D eigenvalue weighted by atomic mass is 9.90. The van der Waals surface area contributed by atoms with Crippen LogP contribution in [0.3, 0.4) is 0 Å². The van der Waals surface area contributed by atoms with E-state index in [9.17, 15) is 14.7 Å². The molecule has 8 heteroatoms. The fraction of sp³-hybridized carbons (Fsp3) is 0.667. The molecule has 0 bridgehead atoms. The van der Waals surface area contributed by atoms with Crippen LogP contribution in [0.25, 0.3) is 0 Å². The van der Waals surface area contributed by atoms with E-state index in [0.717, 1.165) is 0 Å². The number of carbonyl (C=O) groups excluding carboxylic acids is 1. The van der Waals surface area contributed by atoms with Crippen molar-refractivity contribution in [2.24, 2.45) is 17.3 Å². The number of nitrogens with one attached hydrogen (secondary N) is 1. The Balaban J connectivity index is 1.79. The number of thioether (sulfide) groups is 1. The fourth-order valence-electron chi connectivity index (χ4n) is 3.26. The van der Waals surface area contributed by atoms with Crippen LogP contribution in [0.2, 0.25) is 0 Å². The van der Waals surface area contributed by atoms with Crippen LogP contribution in [-0.4, -0.2) is 44.1 Å². The second kappa shape index (κ2) is 4.76. The first-order valence-electron chi connectivity index (χ1n) is 6.51. The third-order valence-corrected chi connectivity index (χ3v) is 5.45. The lowest BCUT2D eigenvalue weighted by Gasteiger charge is -2.17. The summed E-state index contributed by atoms with van der Waals surface area (Å²) in [4.78, 5) is 27.6. The van der Waals surface area contributed by atoms with Crippen molar-refractivity contribution in [2.45, 2.75) is 30.2 Å². The molecule has 2 fully saturated rings. The van der Waals surface area contributed by atoms with Crippen LogP contribution < -0.4 is 0 Å². The molecule has 3 rings (SSSR count). The Bertz CT molecular complexity index is 535. The van der Waals surface area contributed by atoms with Crippen LogP contribution in [0.4, 0.5) is 0 Å². The maximum Gasteiger partial charge on any atom is 0.313 e. The molecule has 1 aromatic heterocycles. The first-order chi connectivity index (χ1) is 9.59. The molecule has 2 N–H and O–H groups in total. The fourth-order valence-corrected chi connectivity index (χ4v) is 4.56. The van der Waals surface area contributed by atoms with Crippen molar-refractivity contribution >= 4 is 23.7 Å². The molecule has 2 aliphatic rings. The van der Waals surface area contributed by atoms with Crippen molar-refractivity contribution in [1.82, 2.24) is 15.2 Å². The monoisotopic (exact) mass is 297 g/mol. The van der Waals surface area contributed by atoms with E-state index < -0.39 is 17.3 Å². The zero-order valence-corrected chi connectivity index (χ0v) is 11.7. The maximum atomic E-state index is 12.1. The summed E-state index contributed by atoms with van der Waals surface area (Å²) in [6.07, 6.45) is 2.47. The zero-order chi connectivity index (χ0) is 14.3. The third kappa shape index (κ3) is 1.90. The summed E-state index contributed by atoms with van der Waals surface area (Å²) in [6.45, 7) is 2.01. The molecule has 0 aromatic carbocycles. The van der Waals surface area contributed by atoms with Crippen molar-refractivity contribution in [3.8, 4) is 0 Å². The van der Waals surface area contributed by atoms with Gasteiger partial charge in [-0.3, -0.25) is 14.7 Å². The number of carboxylic acid groups (broad SMARTS) is 1. The van der Waals surface area contributed by atoms with Gasteiger partial charge in [-0.25, -0.2) is 4.98 Å². The molecule has 1 heterocycles. The maximum absolute atomic E-state index is 12.1. The Labute approximate surface area is 119 Å². The molecule has 108 valence electrons. The number of esters is 1. The van der Waals surface area contributed by atoms with Crippen molar-refractivity contribution < 1.29 is 19.4 Å². The first kappa shape index (κ1) is 13.4. The summed E-state index contributed by atoms with van der Waals surface area (Å²) in [5.41, 5.74) is -0.820. The van der Waals surface area contributed by atoms with E-state index in [-0.39, 0.29) is 23.7 Å². The van der Waals surface area contributed by atoms with Gasteiger partial charge >= 0.3 is 11.9 Å². The topological polar surface area (TPSA) is 105 Å². The number of ether oxygens (including phenoxy) is 1. The van der Waals surface area contributed by atoms with Gasteiger partial charge in [0.25, 0.3) is 0 Å². The standard InChI is InChI=1S/C12H15N3O4S/c1-2-19-10(18)12-4-7(12)8(3-6(12)9(16)17)20-11-13-5-14-15-11/h5-8H,2-4H2,1H3,(H,16,17)(H,13,14,15). The number of carboxylic acids is 1. The van der Waals surface area contributed by atoms with Gasteiger partial charge in [0, 0.05) is 5.25 Å². The van der Waals surface area contributed by atoms with Crippen LogP contribution in [0.1, 0.15) is 19.8 Å². The quantitative estimate of drug-likeness (QED) is 0.779. The molecule has 4 unspecified atom stereocenters. The van der Waals surface area contributed by atoms with Gasteiger partial charge in [0.05, 0.1) is 17.9 Å². The molecular formula is C12H15N3O4S. The van der Waals surface area contributed by atoms with Crippen molar-refractivity contribution in [3.05, 3.63) is 6.33 Å². The number of aromatic amines is 1. The summed E-state index contributed by atoms with van der Waals surface area (Å²) in [5.74, 6) is -1.89. The van der Waals surface area contributed by atoms with Gasteiger partial charge < -0.3 is 9.84 Å². The minimum Gasteiger partial charge on any atom is -0.481 e. The largest absolute Gasteiger partial charge is 0.481 e. The van der Waals surface area contributed by atoms with E-state index in [1.165, 1.54) is 18.1 Å². The first-order valence-corrected chi connectivity index (χ1v) is 7.39. The lowest BCUT2D eigenvalue weighted by molar-refractivity contribution is -0.159. The molecule has 0 aliphatic heterocycles. The Morgan fingerprint density at radius 2 is 2.45 bits per heavy atom. The molecule has 0 amide bonds. The zero-order valence-electron chi connectivity index (χ0n) is 10.9. The van der Waals surface area contributed by atoms with E-state index >= 15 is 0 Å². The second-order valence-electron chi connectivity index (χ2n) is 5.14. The van der Waals surface area contributed by atoms with Gasteiger partial charge in [0.2, 0.25) is 0 Å². The molecular weight excluding hydrogens is 282 g/mol. The van der Waals surface area contributed by atoms with E-state index in [2.05, 4.69) is 15.2 Å². The van der Waals surface area contributed by atoms with E-state index in [1.54, 1.807) is 6.92 Å². The number of aliphatic carboxylic acids is 1. The van der Waals surface area contributed by atoms with Crippen LogP contribution >= 0.6 is 11.8 Å². The van der Waals surface area contributed by atoms with Gasteiger partial charge in [0.1, 0.15) is 6.33 Å². The van der Waals surface area contributed by atoms with E-state index in [0.29, 0.717) is 18.0 Å². The van der Waals surface area contributed by atoms with Gasteiger partial charge in [-0.05, 0) is 25.7 Å². The number of H-pyrrole nitrogens is 1. The third-order valence-electron chi connectivity index (χ3n) is 4.21. The van der Waals surface area contributed by atoms with Crippen molar-refractivity contribution in [2.75, 3.05) is 6.61 Å². The summed E-state index contributed by atoms with van der Waals surface area (Å²) in [5, 5.41) is 16.6. The molecule has 2 aliphatic carbocycles. The van der Waals surface area contributed by atoms with E-state index in [1.807, 2.05) is 0 Å². The summed E-state index contributed by atoms with van der Waals surface area (Å²) in [6, 6.07) is 0. The minimum atomic E-state index is -0.916. The Hall–Kier alpha value is -1.57. The van der Waals surface area contributed by atoms with Crippen molar-refractivity contribution in [3.63, 3.8) is 0 Å². The molecule has 0 radical (unpaired) electrons. The summed E-state index contributed by atoms with van der Waals surface area (Å²) < 4.78 is 5.09. The molecule has 7 nitrogen and oxygen atoms in total. The van der Waals surface area contributed by atoms with Crippen LogP contribution in [0.15, 0.2) is 11.5 Å². The van der Waals surface area contributed by atoms with Gasteiger partial charge in [-0.15, -0.1) is 0 Å². The van der Waals surface area contributed by atoms with Crippen LogP contribution in [-0.2, 0) is 14.3 Å². The highest BCUT2D eigenvalue weighted by Crippen LogP contribution is 2.70. The number of hydrogen-bond donors (Lipinski definition) is 2. The highest BCUT2D eigenvalue weighted by Gasteiger charge is 2.74. The number of carbonyl (C=O) groups is 2. The average Bonchev–Trinajstić information content (AvgIpc) is 2.79.